The van der Waals surface area contributed by atoms with E-state index in [0.29, 0.717) is 0 Å². The fourth-order valence-electron chi connectivity index (χ4n) is 2.09. The van der Waals surface area contributed by atoms with Gasteiger partial charge in [-0.15, -0.1) is 0 Å². The molecule has 9 nitrogen and oxygen atoms in total. The van der Waals surface area contributed by atoms with E-state index in [0.717, 1.165) is 0 Å². The molecule has 3 atom stereocenters. The number of aliphatic hydroxyl groups excluding tert-OH is 1. The Morgan fingerprint density at radius 1 is 1.09 bits per heavy atom. The molecule has 0 heterocycles. The molecule has 23 heavy (non-hydrogen) atoms. The second-order valence-corrected chi connectivity index (χ2v) is 6.37. The molecule has 0 saturated heterocycles. The van der Waals surface area contributed by atoms with Crippen LogP contribution in [0, 0.1) is 11.8 Å². The lowest BCUT2D eigenvalue weighted by Crippen LogP contribution is -2.59. The monoisotopic (exact) mass is 333 g/mol. The van der Waals surface area contributed by atoms with Crippen molar-refractivity contribution in [1.29, 1.82) is 0 Å². The molecule has 0 saturated carbocycles. The number of amides is 3. The zero-order valence-corrected chi connectivity index (χ0v) is 14.1. The van der Waals surface area contributed by atoms with Crippen LogP contribution in [0.25, 0.3) is 0 Å². The average molecular weight is 333 g/mol. The summed E-state index contributed by atoms with van der Waals surface area (Å²) in [6, 6.07) is -1.26. The first kappa shape index (κ1) is 21.3. The Hall–Kier alpha value is -1.71. The topological polar surface area (TPSA) is 148 Å². The van der Waals surface area contributed by atoms with Crippen LogP contribution in [0.15, 0.2) is 0 Å². The van der Waals surface area contributed by atoms with Gasteiger partial charge in [0.2, 0.25) is 11.8 Å². The molecule has 0 aliphatic heterocycles. The van der Waals surface area contributed by atoms with E-state index in [1.165, 1.54) is 26.4 Å². The molecule has 0 radical (unpaired) electrons. The van der Waals surface area contributed by atoms with Crippen LogP contribution in [0.2, 0.25) is 0 Å². The minimum Gasteiger partial charge on any atom is -0.388 e. The quantitative estimate of drug-likeness (QED) is 0.236. The van der Waals surface area contributed by atoms with Crippen molar-refractivity contribution in [2.24, 2.45) is 11.8 Å². The molecule has 0 aliphatic carbocycles. The van der Waals surface area contributed by atoms with E-state index in [4.69, 9.17) is 5.21 Å². The molecule has 6 N–H and O–H groups in total. The molecule has 0 aromatic carbocycles. The van der Waals surface area contributed by atoms with Gasteiger partial charge >= 0.3 is 0 Å². The summed E-state index contributed by atoms with van der Waals surface area (Å²) in [5.41, 5.74) is -0.260. The lowest BCUT2D eigenvalue weighted by Gasteiger charge is -2.31. The van der Waals surface area contributed by atoms with Gasteiger partial charge in [0.05, 0.1) is 11.5 Å². The molecule has 0 bridgehead atoms. The molecule has 9 heteroatoms. The van der Waals surface area contributed by atoms with Crippen molar-refractivity contribution < 1.29 is 29.8 Å². The van der Waals surface area contributed by atoms with Crippen LogP contribution >= 0.6 is 0 Å². The molecule has 0 rings (SSSR count). The van der Waals surface area contributed by atoms with Crippen LogP contribution in [0.1, 0.15) is 34.1 Å². The molecule has 134 valence electrons. The highest BCUT2D eigenvalue weighted by Gasteiger charge is 2.39. The molecule has 0 fully saturated rings. The van der Waals surface area contributed by atoms with Gasteiger partial charge in [-0.1, -0.05) is 13.8 Å². The number of hydrogen-bond acceptors (Lipinski definition) is 6. The first-order valence-electron chi connectivity index (χ1n) is 7.32. The maximum Gasteiger partial charge on any atom is 0.272 e. The van der Waals surface area contributed by atoms with Crippen molar-refractivity contribution in [2.45, 2.75) is 51.9 Å². The van der Waals surface area contributed by atoms with Crippen molar-refractivity contribution in [3.8, 4) is 0 Å². The molecule has 3 amide bonds. The van der Waals surface area contributed by atoms with E-state index in [1.54, 1.807) is 13.8 Å². The number of carbonyl (C=O) groups excluding carboxylic acids is 3. The molecule has 0 aromatic rings. The van der Waals surface area contributed by atoms with Crippen LogP contribution < -0.4 is 16.1 Å². The zero-order valence-electron chi connectivity index (χ0n) is 14.1. The summed E-state index contributed by atoms with van der Waals surface area (Å²) >= 11 is 0. The van der Waals surface area contributed by atoms with Gasteiger partial charge in [0, 0.05) is 7.05 Å². The van der Waals surface area contributed by atoms with Gasteiger partial charge < -0.3 is 20.8 Å². The predicted molar refractivity (Wildman–Crippen MR) is 81.2 cm³/mol. The first-order chi connectivity index (χ1) is 10.4. The normalized spacial score (nSPS) is 15.5. The average Bonchev–Trinajstić information content (AvgIpc) is 2.46. The van der Waals surface area contributed by atoms with E-state index in [1.807, 2.05) is 0 Å². The lowest BCUT2D eigenvalue weighted by molar-refractivity contribution is -0.148. The van der Waals surface area contributed by atoms with Crippen LogP contribution in [0.5, 0.6) is 0 Å². The van der Waals surface area contributed by atoms with Crippen molar-refractivity contribution >= 4 is 17.7 Å². The van der Waals surface area contributed by atoms with Gasteiger partial charge in [0.1, 0.15) is 12.1 Å². The van der Waals surface area contributed by atoms with Crippen LogP contribution in [-0.4, -0.2) is 57.9 Å². The Kier molecular flexibility index (Phi) is 8.15. The first-order valence-corrected chi connectivity index (χ1v) is 7.32. The number of nitrogens with one attached hydrogen (secondary N) is 3. The maximum atomic E-state index is 12.4. The van der Waals surface area contributed by atoms with Crippen LogP contribution in [0.3, 0.4) is 0 Å². The SMILES string of the molecule is CNC(=O)C(NC(=O)C(CC(C)C)C(O)C(=O)NO)C(C)(C)O. The summed E-state index contributed by atoms with van der Waals surface area (Å²) in [7, 11) is 1.35. The Labute approximate surface area is 135 Å². The predicted octanol–water partition coefficient (Wildman–Crippen LogP) is -1.48. The number of aliphatic hydroxyl groups is 2. The van der Waals surface area contributed by atoms with Gasteiger partial charge in [0.25, 0.3) is 5.91 Å². The maximum absolute atomic E-state index is 12.4. The Bertz CT molecular complexity index is 433. The third-order valence-electron chi connectivity index (χ3n) is 3.32. The third-order valence-corrected chi connectivity index (χ3v) is 3.32. The largest absolute Gasteiger partial charge is 0.388 e. The number of likely N-dealkylation sites (N-methyl/N-ethyl adjacent to an activating group) is 1. The summed E-state index contributed by atoms with van der Waals surface area (Å²) in [6.45, 7) is 6.27. The minimum atomic E-state index is -1.78. The highest BCUT2D eigenvalue weighted by molar-refractivity contribution is 5.92. The Balaban J connectivity index is 5.35. The van der Waals surface area contributed by atoms with Crippen LogP contribution in [-0.2, 0) is 14.4 Å². The molecule has 0 aliphatic rings. The number of hydroxylamine groups is 1. The van der Waals surface area contributed by atoms with Crippen molar-refractivity contribution in [3.05, 3.63) is 0 Å². The van der Waals surface area contributed by atoms with Gasteiger partial charge in [-0.3, -0.25) is 19.6 Å². The standard InChI is InChI=1S/C14H27N3O6/c1-7(2)6-8(9(18)12(20)17-23)11(19)16-10(13(21)15-5)14(3,4)22/h7-10,18,22-23H,6H2,1-5H3,(H,15,21)(H,16,19)(H,17,20). The highest BCUT2D eigenvalue weighted by Crippen LogP contribution is 2.18. The molecule has 0 aromatic heterocycles. The van der Waals surface area contributed by atoms with Gasteiger partial charge in [-0.2, -0.15) is 0 Å². The Morgan fingerprint density at radius 2 is 1.61 bits per heavy atom. The smallest absolute Gasteiger partial charge is 0.272 e. The van der Waals surface area contributed by atoms with E-state index in [2.05, 4.69) is 10.6 Å². The van der Waals surface area contributed by atoms with Gasteiger partial charge in [-0.25, -0.2) is 5.48 Å². The zero-order chi connectivity index (χ0) is 18.4. The summed E-state index contributed by atoms with van der Waals surface area (Å²) in [5.74, 6) is -3.73. The third kappa shape index (κ3) is 6.51. The molecular weight excluding hydrogens is 306 g/mol. The summed E-state index contributed by atoms with van der Waals surface area (Å²) in [6.07, 6.45) is -1.64. The molecule has 3 unspecified atom stereocenters. The number of carbonyl (C=O) groups is 3. The summed E-state index contributed by atoms with van der Waals surface area (Å²) in [4.78, 5) is 35.6. The summed E-state index contributed by atoms with van der Waals surface area (Å²) in [5, 5.41) is 33.2. The Morgan fingerprint density at radius 3 is 1.96 bits per heavy atom. The molecular formula is C14H27N3O6. The minimum absolute atomic E-state index is 0.0347. The fraction of sp³-hybridized carbons (Fsp3) is 0.786. The highest BCUT2D eigenvalue weighted by atomic mass is 16.5. The second kappa shape index (κ2) is 8.80. The molecule has 0 spiro atoms. The number of rotatable bonds is 8. The summed E-state index contributed by atoms with van der Waals surface area (Å²) < 4.78 is 0. The van der Waals surface area contributed by atoms with Crippen LogP contribution in [0.4, 0.5) is 0 Å². The van der Waals surface area contributed by atoms with E-state index in [9.17, 15) is 24.6 Å². The van der Waals surface area contributed by atoms with E-state index < -0.39 is 41.4 Å². The van der Waals surface area contributed by atoms with Crippen molar-refractivity contribution in [1.82, 2.24) is 16.1 Å². The number of hydrogen-bond donors (Lipinski definition) is 6. The van der Waals surface area contributed by atoms with E-state index >= 15 is 0 Å². The second-order valence-electron chi connectivity index (χ2n) is 6.37. The lowest BCUT2D eigenvalue weighted by atomic mass is 9.89. The van der Waals surface area contributed by atoms with Crippen molar-refractivity contribution in [3.63, 3.8) is 0 Å². The van der Waals surface area contributed by atoms with E-state index in [-0.39, 0.29) is 12.3 Å². The fourth-order valence-corrected chi connectivity index (χ4v) is 2.09. The van der Waals surface area contributed by atoms with Gasteiger partial charge in [0.15, 0.2) is 0 Å². The van der Waals surface area contributed by atoms with Crippen molar-refractivity contribution in [2.75, 3.05) is 7.05 Å². The van der Waals surface area contributed by atoms with Gasteiger partial charge in [-0.05, 0) is 26.2 Å².